The summed E-state index contributed by atoms with van der Waals surface area (Å²) in [6.45, 7) is 0. The van der Waals surface area contributed by atoms with Crippen molar-refractivity contribution in [3.63, 3.8) is 0 Å². The molecule has 0 aromatic heterocycles. The second kappa shape index (κ2) is 1.41. The number of fused-ring (bicyclic) bond motifs is 2. The van der Waals surface area contributed by atoms with E-state index in [1.54, 1.807) is 0 Å². The number of hydrogen-bond acceptors (Lipinski definition) is 2. The highest BCUT2D eigenvalue weighted by atomic mass is 16.3. The first-order valence-electron chi connectivity index (χ1n) is 4.15. The van der Waals surface area contributed by atoms with Gasteiger partial charge in [-0.15, -0.1) is 0 Å². The number of aliphatic hydroxyl groups is 2. The van der Waals surface area contributed by atoms with Gasteiger partial charge in [-0.25, -0.2) is 0 Å². The van der Waals surface area contributed by atoms with Crippen molar-refractivity contribution in [2.75, 3.05) is 0 Å². The lowest BCUT2D eigenvalue weighted by atomic mass is 9.95. The van der Waals surface area contributed by atoms with E-state index in [-0.39, 0.29) is 12.2 Å². The van der Waals surface area contributed by atoms with Crippen LogP contribution >= 0.6 is 0 Å². The van der Waals surface area contributed by atoms with Crippen molar-refractivity contribution in [2.45, 2.75) is 25.0 Å². The van der Waals surface area contributed by atoms with Crippen molar-refractivity contribution in [2.24, 2.45) is 23.7 Å². The van der Waals surface area contributed by atoms with E-state index in [2.05, 4.69) is 0 Å². The standard InChI is InChI=1S/C8H12O2/c9-7-3-1-4(3)8(10)6-2-5(6)7/h3-10H,1-2H2/t3-,4+,5+,6-,7?,8?. The molecule has 6 atom stereocenters. The van der Waals surface area contributed by atoms with E-state index in [4.69, 9.17) is 0 Å². The van der Waals surface area contributed by atoms with Crippen molar-refractivity contribution in [3.05, 3.63) is 0 Å². The molecule has 0 aliphatic heterocycles. The summed E-state index contributed by atoms with van der Waals surface area (Å²) in [7, 11) is 0. The molecule has 0 spiro atoms. The Bertz CT molecular complexity index is 144. The lowest BCUT2D eigenvalue weighted by Crippen LogP contribution is -2.27. The first kappa shape index (κ1) is 5.56. The van der Waals surface area contributed by atoms with Crippen LogP contribution in [0.4, 0.5) is 0 Å². The van der Waals surface area contributed by atoms with Crippen LogP contribution in [0.5, 0.6) is 0 Å². The van der Waals surface area contributed by atoms with E-state index in [1.165, 1.54) is 0 Å². The molecule has 3 fully saturated rings. The van der Waals surface area contributed by atoms with E-state index in [0.29, 0.717) is 23.7 Å². The minimum Gasteiger partial charge on any atom is -0.393 e. The van der Waals surface area contributed by atoms with Crippen LogP contribution in [0.15, 0.2) is 0 Å². The largest absolute Gasteiger partial charge is 0.393 e. The summed E-state index contributed by atoms with van der Waals surface area (Å²) in [5.74, 6) is 1.88. The molecule has 3 aliphatic rings. The van der Waals surface area contributed by atoms with Crippen LogP contribution in [0, 0.1) is 23.7 Å². The molecular weight excluding hydrogens is 128 g/mol. The Hall–Kier alpha value is -0.0800. The molecule has 2 nitrogen and oxygen atoms in total. The van der Waals surface area contributed by atoms with Crippen molar-refractivity contribution in [3.8, 4) is 0 Å². The summed E-state index contributed by atoms with van der Waals surface area (Å²) < 4.78 is 0. The van der Waals surface area contributed by atoms with Crippen LogP contribution in [0.2, 0.25) is 0 Å². The highest BCUT2D eigenvalue weighted by molar-refractivity contribution is 5.13. The van der Waals surface area contributed by atoms with Crippen molar-refractivity contribution in [1.82, 2.24) is 0 Å². The van der Waals surface area contributed by atoms with Crippen LogP contribution in [0.3, 0.4) is 0 Å². The molecule has 0 saturated heterocycles. The predicted molar refractivity (Wildman–Crippen MR) is 35.2 cm³/mol. The van der Waals surface area contributed by atoms with Gasteiger partial charge >= 0.3 is 0 Å². The topological polar surface area (TPSA) is 40.5 Å². The van der Waals surface area contributed by atoms with Gasteiger partial charge in [-0.2, -0.15) is 0 Å². The van der Waals surface area contributed by atoms with Gasteiger partial charge in [0.1, 0.15) is 0 Å². The fraction of sp³-hybridized carbons (Fsp3) is 1.00. The van der Waals surface area contributed by atoms with Crippen LogP contribution in [-0.2, 0) is 0 Å². The summed E-state index contributed by atoms with van der Waals surface area (Å²) in [6, 6.07) is 0. The van der Waals surface area contributed by atoms with Gasteiger partial charge < -0.3 is 10.2 Å². The Kier molecular flexibility index (Phi) is 0.783. The maximum absolute atomic E-state index is 9.54. The highest BCUT2D eigenvalue weighted by Gasteiger charge is 2.64. The second-order valence-electron chi connectivity index (χ2n) is 4.11. The Morgan fingerprint density at radius 2 is 1.00 bits per heavy atom. The highest BCUT2D eigenvalue weighted by Crippen LogP contribution is 2.62. The predicted octanol–water partition coefficient (Wildman–Crippen LogP) is -0.00600. The van der Waals surface area contributed by atoms with E-state index < -0.39 is 0 Å². The van der Waals surface area contributed by atoms with Crippen LogP contribution in [0.1, 0.15) is 12.8 Å². The maximum Gasteiger partial charge on any atom is 0.0604 e. The van der Waals surface area contributed by atoms with Gasteiger partial charge in [-0.05, 0) is 36.5 Å². The molecule has 0 amide bonds. The van der Waals surface area contributed by atoms with Crippen molar-refractivity contribution < 1.29 is 10.2 Å². The first-order chi connectivity index (χ1) is 4.79. The second-order valence-corrected chi connectivity index (χ2v) is 4.11. The molecule has 3 rings (SSSR count). The molecule has 10 heavy (non-hydrogen) atoms. The minimum atomic E-state index is -0.0570. The lowest BCUT2D eigenvalue weighted by molar-refractivity contribution is 0.0351. The molecule has 0 radical (unpaired) electrons. The summed E-state index contributed by atoms with van der Waals surface area (Å²) >= 11 is 0. The Morgan fingerprint density at radius 3 is 1.30 bits per heavy atom. The molecule has 2 N–H and O–H groups in total. The first-order valence-corrected chi connectivity index (χ1v) is 4.15. The fourth-order valence-electron chi connectivity index (χ4n) is 2.68. The van der Waals surface area contributed by atoms with Gasteiger partial charge in [-0.3, -0.25) is 0 Å². The molecule has 0 heterocycles. The SMILES string of the molecule is OC1[C@H]2C[C@H]2C(O)[C@H]2C[C@@H]12. The molecule has 2 unspecified atom stereocenters. The van der Waals surface area contributed by atoms with Gasteiger partial charge in [0.15, 0.2) is 0 Å². The molecule has 3 aliphatic carbocycles. The molecule has 56 valence electrons. The van der Waals surface area contributed by atoms with Crippen LogP contribution < -0.4 is 0 Å². The Labute approximate surface area is 59.9 Å². The third-order valence-corrected chi connectivity index (χ3v) is 3.54. The summed E-state index contributed by atoms with van der Waals surface area (Å²) in [5.41, 5.74) is 0. The van der Waals surface area contributed by atoms with Gasteiger partial charge in [0.2, 0.25) is 0 Å². The van der Waals surface area contributed by atoms with Crippen molar-refractivity contribution in [1.29, 1.82) is 0 Å². The Morgan fingerprint density at radius 1 is 0.700 bits per heavy atom. The quantitative estimate of drug-likeness (QED) is 0.497. The molecule has 3 saturated carbocycles. The number of rotatable bonds is 0. The van der Waals surface area contributed by atoms with Gasteiger partial charge in [0, 0.05) is 0 Å². The van der Waals surface area contributed by atoms with Gasteiger partial charge in [0.05, 0.1) is 12.2 Å². The van der Waals surface area contributed by atoms with E-state index in [9.17, 15) is 10.2 Å². The fourth-order valence-corrected chi connectivity index (χ4v) is 2.68. The summed E-state index contributed by atoms with van der Waals surface area (Å²) in [4.78, 5) is 0. The molecule has 2 heteroatoms. The number of aliphatic hydroxyl groups excluding tert-OH is 2. The monoisotopic (exact) mass is 140 g/mol. The normalized spacial score (nSPS) is 70.2. The zero-order valence-corrected chi connectivity index (χ0v) is 5.77. The summed E-state index contributed by atoms with van der Waals surface area (Å²) in [6.07, 6.45) is 2.04. The third-order valence-electron chi connectivity index (χ3n) is 3.54. The zero-order valence-electron chi connectivity index (χ0n) is 5.77. The average Bonchev–Trinajstić information content (AvgIpc) is 2.77. The zero-order chi connectivity index (χ0) is 6.88. The molecule has 0 bridgehead atoms. The third kappa shape index (κ3) is 0.487. The Balaban J connectivity index is 1.88. The van der Waals surface area contributed by atoms with Gasteiger partial charge in [-0.1, -0.05) is 0 Å². The summed E-state index contributed by atoms with van der Waals surface area (Å²) in [5, 5.41) is 19.1. The molecule has 0 aromatic carbocycles. The van der Waals surface area contributed by atoms with Crippen LogP contribution in [-0.4, -0.2) is 22.4 Å². The van der Waals surface area contributed by atoms with E-state index in [0.717, 1.165) is 12.8 Å². The smallest absolute Gasteiger partial charge is 0.0604 e. The van der Waals surface area contributed by atoms with Crippen LogP contribution in [0.25, 0.3) is 0 Å². The maximum atomic E-state index is 9.54. The van der Waals surface area contributed by atoms with Gasteiger partial charge in [0.25, 0.3) is 0 Å². The number of hydrogen-bond donors (Lipinski definition) is 2. The molecule has 0 aromatic rings. The van der Waals surface area contributed by atoms with E-state index in [1.807, 2.05) is 0 Å². The van der Waals surface area contributed by atoms with E-state index >= 15 is 0 Å². The minimum absolute atomic E-state index is 0.0570. The average molecular weight is 140 g/mol. The lowest BCUT2D eigenvalue weighted by Gasteiger charge is -2.19. The van der Waals surface area contributed by atoms with Crippen molar-refractivity contribution >= 4 is 0 Å². The molecular formula is C8H12O2.